The number of hydrogen-bond acceptors (Lipinski definition) is 11. The van der Waals surface area contributed by atoms with Crippen molar-refractivity contribution in [3.8, 4) is 11.4 Å². The Balaban J connectivity index is 1.30. The van der Waals surface area contributed by atoms with E-state index in [-0.39, 0.29) is 17.6 Å². The number of sulfonamides is 1. The van der Waals surface area contributed by atoms with Gasteiger partial charge in [0.15, 0.2) is 5.82 Å². The van der Waals surface area contributed by atoms with E-state index in [1.165, 1.54) is 0 Å². The third kappa shape index (κ3) is 5.75. The van der Waals surface area contributed by atoms with Crippen LogP contribution in [-0.2, 0) is 21.2 Å². The van der Waals surface area contributed by atoms with E-state index in [4.69, 9.17) is 20.4 Å². The second-order valence-corrected chi connectivity index (χ2v) is 13.2. The first-order valence-corrected chi connectivity index (χ1v) is 15.0. The molecule has 0 aliphatic carbocycles. The molecule has 2 aromatic heterocycles. The summed E-state index contributed by atoms with van der Waals surface area (Å²) in [5, 5.41) is 0.339. The maximum Gasteiger partial charge on any atom is 0.219 e. The molecule has 0 radical (unpaired) electrons. The minimum Gasteiger partial charge on any atom is -0.378 e. The lowest BCUT2D eigenvalue weighted by atomic mass is 10.2. The number of rotatable bonds is 7. The Morgan fingerprint density at radius 2 is 1.78 bits per heavy atom. The summed E-state index contributed by atoms with van der Waals surface area (Å²) in [6, 6.07) is 0. The molecule has 0 bridgehead atoms. The quantitative estimate of drug-likeness (QED) is 0.545. The van der Waals surface area contributed by atoms with Crippen molar-refractivity contribution in [2.24, 2.45) is 5.92 Å². The number of nitrogens with zero attached hydrogens (tertiary/aromatic N) is 7. The summed E-state index contributed by atoms with van der Waals surface area (Å²) in [6.07, 6.45) is 4.17. The third-order valence-electron chi connectivity index (χ3n) is 6.59. The third-order valence-corrected chi connectivity index (χ3v) is 10.1. The van der Waals surface area contributed by atoms with Crippen molar-refractivity contribution in [2.45, 2.75) is 30.4 Å². The molecule has 1 atom stereocenters. The minimum absolute atomic E-state index is 0.132. The van der Waals surface area contributed by atoms with E-state index in [1.54, 1.807) is 16.7 Å². The Labute approximate surface area is 216 Å². The summed E-state index contributed by atoms with van der Waals surface area (Å²) in [4.78, 5) is 23.9. The molecular weight excluding hydrogens is 500 g/mol. The van der Waals surface area contributed by atoms with Crippen molar-refractivity contribution >= 4 is 33.6 Å². The molecule has 36 heavy (non-hydrogen) atoms. The van der Waals surface area contributed by atoms with E-state index in [0.29, 0.717) is 37.4 Å². The first kappa shape index (κ1) is 25.6. The van der Waals surface area contributed by atoms with Crippen LogP contribution in [0.5, 0.6) is 0 Å². The van der Waals surface area contributed by atoms with Gasteiger partial charge in [-0.3, -0.25) is 4.90 Å². The number of nitrogen functional groups attached to an aromatic ring is 1. The lowest BCUT2D eigenvalue weighted by Gasteiger charge is -2.35. The molecule has 2 saturated heterocycles. The first-order chi connectivity index (χ1) is 17.3. The predicted molar refractivity (Wildman–Crippen MR) is 140 cm³/mol. The number of anilines is 2. The summed E-state index contributed by atoms with van der Waals surface area (Å²) in [5.74, 6) is 2.13. The zero-order chi connectivity index (χ0) is 25.3. The molecule has 196 valence electrons. The van der Waals surface area contributed by atoms with Gasteiger partial charge in [-0.1, -0.05) is 13.8 Å². The van der Waals surface area contributed by atoms with Crippen molar-refractivity contribution in [1.82, 2.24) is 29.1 Å². The number of fused-ring (bicyclic) bond motifs is 1. The fourth-order valence-corrected chi connectivity index (χ4v) is 8.02. The van der Waals surface area contributed by atoms with Crippen molar-refractivity contribution in [3.63, 3.8) is 0 Å². The van der Waals surface area contributed by atoms with Crippen LogP contribution in [-0.4, -0.2) is 108 Å². The highest BCUT2D eigenvalue weighted by atomic mass is 32.2. The average Bonchev–Trinajstić information content (AvgIpc) is 3.26. The van der Waals surface area contributed by atoms with Gasteiger partial charge in [0.2, 0.25) is 16.0 Å². The minimum atomic E-state index is -3.18. The van der Waals surface area contributed by atoms with Gasteiger partial charge in [-0.25, -0.2) is 28.4 Å². The molecule has 5 rings (SSSR count). The maximum absolute atomic E-state index is 12.6. The zero-order valence-electron chi connectivity index (χ0n) is 20.8. The summed E-state index contributed by atoms with van der Waals surface area (Å²) in [6.45, 7) is 10.3. The van der Waals surface area contributed by atoms with E-state index in [0.717, 1.165) is 61.1 Å². The van der Waals surface area contributed by atoms with Crippen LogP contribution < -0.4 is 10.6 Å². The lowest BCUT2D eigenvalue weighted by Crippen LogP contribution is -2.50. The van der Waals surface area contributed by atoms with E-state index in [9.17, 15) is 8.42 Å². The molecular formula is C23H34N8O3S2. The average molecular weight is 535 g/mol. The number of aromatic nitrogens is 4. The van der Waals surface area contributed by atoms with E-state index in [1.807, 2.05) is 25.6 Å². The van der Waals surface area contributed by atoms with Gasteiger partial charge >= 0.3 is 0 Å². The first-order valence-electron chi connectivity index (χ1n) is 12.5. The van der Waals surface area contributed by atoms with Crippen LogP contribution in [0.2, 0.25) is 0 Å². The van der Waals surface area contributed by atoms with E-state index < -0.39 is 10.0 Å². The molecule has 0 amide bonds. The summed E-state index contributed by atoms with van der Waals surface area (Å²) >= 11 is 1.84. The second kappa shape index (κ2) is 10.7. The Hall–Kier alpha value is -2.06. The SMILES string of the molecule is CC(C)CS(=O)(=O)N1CCN(CC2Cc3nc(-c4cnc(N)nc4)nc(N4CCOCC4)c3S2)CC1. The Bertz CT molecular complexity index is 1160. The number of nitrogens with two attached hydrogens (primary N) is 1. The molecule has 13 heteroatoms. The maximum atomic E-state index is 12.6. The van der Waals surface area contributed by atoms with Gasteiger partial charge in [0.25, 0.3) is 0 Å². The van der Waals surface area contributed by atoms with Crippen molar-refractivity contribution in [1.29, 1.82) is 0 Å². The van der Waals surface area contributed by atoms with Gasteiger partial charge in [-0.2, -0.15) is 4.31 Å². The predicted octanol–water partition coefficient (Wildman–Crippen LogP) is 0.973. The zero-order valence-corrected chi connectivity index (χ0v) is 22.5. The van der Waals surface area contributed by atoms with Crippen LogP contribution in [0.15, 0.2) is 17.3 Å². The summed E-state index contributed by atoms with van der Waals surface area (Å²) < 4.78 is 32.4. The van der Waals surface area contributed by atoms with Crippen LogP contribution in [0.25, 0.3) is 11.4 Å². The van der Waals surface area contributed by atoms with E-state index >= 15 is 0 Å². The molecule has 3 aliphatic rings. The number of piperazine rings is 1. The monoisotopic (exact) mass is 534 g/mol. The van der Waals surface area contributed by atoms with Gasteiger partial charge in [-0.15, -0.1) is 11.8 Å². The van der Waals surface area contributed by atoms with Gasteiger partial charge < -0.3 is 15.4 Å². The van der Waals surface area contributed by atoms with Crippen LogP contribution in [0.3, 0.4) is 0 Å². The summed E-state index contributed by atoms with van der Waals surface area (Å²) in [5.41, 5.74) is 7.46. The standard InChI is InChI=1S/C23H34N8O3S2/c1-16(2)15-36(32,33)31-5-3-29(4-6-31)14-18-11-19-20(35-18)22(30-7-9-34-10-8-30)28-21(27-19)17-12-25-23(24)26-13-17/h12-13,16,18H,3-11,14-15H2,1-2H3,(H2,24,25,26). The van der Waals surface area contributed by atoms with Crippen LogP contribution in [0.1, 0.15) is 19.5 Å². The molecule has 2 aromatic rings. The molecule has 1 unspecified atom stereocenters. The number of thioether (sulfide) groups is 1. The second-order valence-electron chi connectivity index (χ2n) is 9.89. The largest absolute Gasteiger partial charge is 0.378 e. The molecule has 2 N–H and O–H groups in total. The fraction of sp³-hybridized carbons (Fsp3) is 0.652. The topological polar surface area (TPSA) is 131 Å². The van der Waals surface area contributed by atoms with Crippen molar-refractivity contribution < 1.29 is 13.2 Å². The van der Waals surface area contributed by atoms with Crippen LogP contribution >= 0.6 is 11.8 Å². The van der Waals surface area contributed by atoms with Gasteiger partial charge in [0.05, 0.1) is 35.1 Å². The smallest absolute Gasteiger partial charge is 0.219 e. The molecule has 3 aliphatic heterocycles. The molecule has 11 nitrogen and oxygen atoms in total. The molecule has 0 saturated carbocycles. The Kier molecular flexibility index (Phi) is 7.63. The normalized spacial score (nSPS) is 21.8. The Morgan fingerprint density at radius 1 is 1.08 bits per heavy atom. The Morgan fingerprint density at radius 3 is 2.44 bits per heavy atom. The fourth-order valence-electron chi connectivity index (χ4n) is 4.85. The highest BCUT2D eigenvalue weighted by Gasteiger charge is 2.34. The van der Waals surface area contributed by atoms with Crippen LogP contribution in [0.4, 0.5) is 11.8 Å². The van der Waals surface area contributed by atoms with Gasteiger partial charge in [0, 0.05) is 69.9 Å². The van der Waals surface area contributed by atoms with Crippen LogP contribution in [0, 0.1) is 5.92 Å². The molecule has 2 fully saturated rings. The number of morpholine rings is 1. The molecule has 0 spiro atoms. The highest BCUT2D eigenvalue weighted by Crippen LogP contribution is 2.43. The highest BCUT2D eigenvalue weighted by molar-refractivity contribution is 8.00. The van der Waals surface area contributed by atoms with Gasteiger partial charge in [0.1, 0.15) is 5.82 Å². The number of ether oxygens (including phenoxy) is 1. The van der Waals surface area contributed by atoms with E-state index in [2.05, 4.69) is 19.8 Å². The summed E-state index contributed by atoms with van der Waals surface area (Å²) in [7, 11) is -3.18. The van der Waals surface area contributed by atoms with Gasteiger partial charge in [-0.05, 0) is 5.92 Å². The molecule has 0 aromatic carbocycles. The van der Waals surface area contributed by atoms with Crippen molar-refractivity contribution in [3.05, 3.63) is 18.1 Å². The lowest BCUT2D eigenvalue weighted by molar-refractivity contribution is 0.122. The number of hydrogen-bond donors (Lipinski definition) is 1. The molecule has 5 heterocycles. The van der Waals surface area contributed by atoms with Crippen molar-refractivity contribution in [2.75, 3.05) is 75.4 Å².